The number of ether oxygens (including phenoxy) is 9. The third-order valence-electron chi connectivity index (χ3n) is 9.25. The Morgan fingerprint density at radius 3 is 0.710 bits per heavy atom. The third kappa shape index (κ3) is 25.0. The zero-order chi connectivity index (χ0) is 51.8. The molecule has 2 aliphatic carbocycles. The van der Waals surface area contributed by atoms with E-state index in [-0.39, 0.29) is 39.6 Å². The second-order valence-electron chi connectivity index (χ2n) is 14.0. The molecule has 69 heavy (non-hydrogen) atoms. The minimum absolute atomic E-state index is 0.131. The van der Waals surface area contributed by atoms with Crippen LogP contribution >= 0.6 is 66.0 Å². The molecule has 0 aromatic heterocycles. The Morgan fingerprint density at radius 1 is 0.319 bits per heavy atom. The molecule has 2 saturated carbocycles. The van der Waals surface area contributed by atoms with E-state index in [1.807, 2.05) is 0 Å². The van der Waals surface area contributed by atoms with Crippen LogP contribution in [0.25, 0.3) is 0 Å². The summed E-state index contributed by atoms with van der Waals surface area (Å²) >= 11 is 0. The maximum Gasteiger partial charge on any atom is 0.317 e. The monoisotopic (exact) mass is 1170 g/mol. The summed E-state index contributed by atoms with van der Waals surface area (Å²) in [7, 11) is -29.5. The lowest BCUT2D eigenvalue weighted by atomic mass is 9.84. The summed E-state index contributed by atoms with van der Waals surface area (Å²) in [5.41, 5.74) is 0. The molecule has 33 nitrogen and oxygen atoms in total. The molecule has 0 saturated heterocycles. The molecule has 0 heterocycles. The quantitative estimate of drug-likeness (QED) is 0.0266. The standard InChI is InChI=1S/C28H62O33P8/c1-15(13-45-3)48-9-11-52-18-21(54-62(29)30)17(22(55-63(31)32)19(23(18)56-64(33)34)53-12-10-49-16(2)14-46-4)50-7-5-47-6-8-51-20-24(57-65(35)36)26(59-67(39)40)28(61-69(43)44)27(60-68(41)42)25(20)58-66(37)38/h15-28,62-69H,5-14H2,1-4H3,(H,29,30)(H,31,32)(H,33,34)(H,35,36)(H,37,38)(H,39,40)(H,41,42)(H,43,44)/t15-,16?,17+,18+,19-,20-,21-,22+,23-,24+,25-,26-,27+,28+/m1/s1. The Balaban J connectivity index is 2.45. The van der Waals surface area contributed by atoms with Gasteiger partial charge < -0.3 is 118 Å². The Kier molecular flexibility index (Phi) is 34.4. The summed E-state index contributed by atoms with van der Waals surface area (Å²) in [5.74, 6) is 0. The Hall–Kier alpha value is 0.840. The fourth-order valence-corrected chi connectivity index (χ4v) is 11.0. The smallest absolute Gasteiger partial charge is 0.317 e. The fraction of sp³-hybridized carbons (Fsp3) is 1.00. The first-order valence-corrected chi connectivity index (χ1v) is 30.1. The zero-order valence-electron chi connectivity index (χ0n) is 36.9. The Morgan fingerprint density at radius 2 is 0.507 bits per heavy atom. The lowest BCUT2D eigenvalue weighted by Gasteiger charge is -2.48. The molecular formula is C28H62O33P8. The van der Waals surface area contributed by atoms with Crippen molar-refractivity contribution >= 4 is 66.0 Å². The SMILES string of the molecule is COCC(C)OCCO[C@@H]1[C@@H](O[PH](=O)O)[C@@H](OCCOCCO[C@H]2[C@@H](O[PH](=O)O)[C@H](O[PH](=O)O)[C@@H](O[PH](=O)O)[C@H](O[PH](=O)O)[C@H]2O[PH](=O)O)[C@@H](O[PH](=O)O)[C@H](OCCO[C@H](C)COC)[C@H]1O[PH](=O)O. The van der Waals surface area contributed by atoms with Gasteiger partial charge in [-0.15, -0.1) is 0 Å². The largest absolute Gasteiger partial charge is 0.382 e. The molecule has 0 amide bonds. The van der Waals surface area contributed by atoms with E-state index < -0.39 is 178 Å². The molecule has 41 heteroatoms. The number of rotatable bonds is 38. The minimum Gasteiger partial charge on any atom is -0.382 e. The van der Waals surface area contributed by atoms with E-state index >= 15 is 0 Å². The van der Waals surface area contributed by atoms with Crippen LogP contribution in [0.2, 0.25) is 0 Å². The second kappa shape index (κ2) is 36.0. The van der Waals surface area contributed by atoms with E-state index in [2.05, 4.69) is 0 Å². The fourth-order valence-electron chi connectivity index (χ4n) is 7.03. The van der Waals surface area contributed by atoms with Gasteiger partial charge in [-0.05, 0) is 13.8 Å². The van der Waals surface area contributed by atoms with Crippen LogP contribution in [0.5, 0.6) is 0 Å². The number of hydrogen-bond donors (Lipinski definition) is 8. The van der Waals surface area contributed by atoms with Crippen molar-refractivity contribution in [1.82, 2.24) is 0 Å². The Labute approximate surface area is 399 Å². The molecule has 0 aromatic rings. The van der Waals surface area contributed by atoms with Crippen molar-refractivity contribution in [2.24, 2.45) is 0 Å². The van der Waals surface area contributed by atoms with Crippen LogP contribution in [0.15, 0.2) is 0 Å². The first kappa shape index (κ1) is 66.0. The molecule has 2 aliphatic rings. The van der Waals surface area contributed by atoms with Gasteiger partial charge in [-0.3, -0.25) is 36.5 Å². The van der Waals surface area contributed by atoms with E-state index in [4.69, 9.17) is 78.8 Å². The molecule has 2 rings (SSSR count). The summed E-state index contributed by atoms with van der Waals surface area (Å²) in [5, 5.41) is 0. The highest BCUT2D eigenvalue weighted by molar-refractivity contribution is 7.33. The van der Waals surface area contributed by atoms with E-state index in [0.717, 1.165) is 0 Å². The van der Waals surface area contributed by atoms with E-state index in [0.29, 0.717) is 0 Å². The van der Waals surface area contributed by atoms with Crippen molar-refractivity contribution in [2.45, 2.75) is 99.3 Å². The van der Waals surface area contributed by atoms with Crippen LogP contribution in [-0.2, 0) is 115 Å². The van der Waals surface area contributed by atoms with Gasteiger partial charge >= 0.3 is 66.0 Å². The summed E-state index contributed by atoms with van der Waals surface area (Å²) < 4.78 is 187. The molecule has 0 bridgehead atoms. The van der Waals surface area contributed by atoms with Crippen molar-refractivity contribution in [3.05, 3.63) is 0 Å². The van der Waals surface area contributed by atoms with Crippen molar-refractivity contribution < 1.29 is 154 Å². The van der Waals surface area contributed by atoms with Gasteiger partial charge in [-0.2, -0.15) is 0 Å². The number of hydrogen-bond acceptors (Lipinski definition) is 25. The predicted molar refractivity (Wildman–Crippen MR) is 233 cm³/mol. The van der Waals surface area contributed by atoms with Crippen LogP contribution in [0.3, 0.4) is 0 Å². The lowest BCUT2D eigenvalue weighted by molar-refractivity contribution is -0.245. The van der Waals surface area contributed by atoms with Gasteiger partial charge in [0.05, 0.1) is 78.3 Å². The summed E-state index contributed by atoms with van der Waals surface area (Å²) in [6.45, 7) is 0.682. The highest BCUT2D eigenvalue weighted by Crippen LogP contribution is 2.46. The van der Waals surface area contributed by atoms with Gasteiger partial charge in [0, 0.05) is 14.2 Å². The van der Waals surface area contributed by atoms with Gasteiger partial charge in [0.2, 0.25) is 0 Å². The normalized spacial score (nSPS) is 32.1. The minimum atomic E-state index is -4.11. The van der Waals surface area contributed by atoms with Gasteiger partial charge in [-0.1, -0.05) is 0 Å². The lowest BCUT2D eigenvalue weighted by Crippen LogP contribution is -2.67. The van der Waals surface area contributed by atoms with Crippen LogP contribution < -0.4 is 0 Å². The highest BCUT2D eigenvalue weighted by atomic mass is 31.1. The average molecular weight is 1170 g/mol. The van der Waals surface area contributed by atoms with Crippen molar-refractivity contribution in [3.8, 4) is 0 Å². The predicted octanol–water partition coefficient (Wildman–Crippen LogP) is -1.19. The van der Waals surface area contributed by atoms with E-state index in [1.165, 1.54) is 14.2 Å². The molecule has 0 aliphatic heterocycles. The summed E-state index contributed by atoms with van der Waals surface area (Å²) in [6, 6.07) is 0. The highest BCUT2D eigenvalue weighted by Gasteiger charge is 2.58. The van der Waals surface area contributed by atoms with Crippen LogP contribution in [0.1, 0.15) is 13.8 Å². The number of methoxy groups -OCH3 is 2. The zero-order valence-corrected chi connectivity index (χ0v) is 44.9. The molecule has 0 aromatic carbocycles. The molecule has 8 N–H and O–H groups in total. The van der Waals surface area contributed by atoms with E-state index in [9.17, 15) is 75.7 Å². The van der Waals surface area contributed by atoms with Gasteiger partial charge in [0.15, 0.2) is 0 Å². The van der Waals surface area contributed by atoms with E-state index in [1.54, 1.807) is 13.8 Å². The first-order chi connectivity index (χ1) is 32.6. The van der Waals surface area contributed by atoms with Crippen molar-refractivity contribution in [1.29, 1.82) is 0 Å². The van der Waals surface area contributed by atoms with Gasteiger partial charge in [0.1, 0.15) is 73.2 Å². The first-order valence-electron chi connectivity index (χ1n) is 20.0. The van der Waals surface area contributed by atoms with Gasteiger partial charge in [-0.25, -0.2) is 0 Å². The third-order valence-corrected chi connectivity index (χ3v) is 13.0. The summed E-state index contributed by atoms with van der Waals surface area (Å²) in [6.07, 6.45) is -24.0. The van der Waals surface area contributed by atoms with Gasteiger partial charge in [0.25, 0.3) is 0 Å². The molecule has 0 spiro atoms. The maximum absolute atomic E-state index is 12.3. The molecule has 412 valence electrons. The molecular weight excluding hydrogens is 1110 g/mol. The maximum atomic E-state index is 12.3. The summed E-state index contributed by atoms with van der Waals surface area (Å²) in [4.78, 5) is 78.1. The molecule has 9 unspecified atom stereocenters. The van der Waals surface area contributed by atoms with Crippen LogP contribution in [0.4, 0.5) is 0 Å². The van der Waals surface area contributed by atoms with Crippen LogP contribution in [-0.4, -0.2) is 205 Å². The Bertz CT molecular complexity index is 1580. The molecule has 0 radical (unpaired) electrons. The van der Waals surface area contributed by atoms with Crippen molar-refractivity contribution in [3.63, 3.8) is 0 Å². The van der Waals surface area contributed by atoms with Crippen molar-refractivity contribution in [2.75, 3.05) is 80.3 Å². The average Bonchev–Trinajstić information content (AvgIpc) is 3.22. The second-order valence-corrected chi connectivity index (χ2v) is 20.2. The molecule has 2 fully saturated rings. The van der Waals surface area contributed by atoms with Crippen LogP contribution in [0, 0.1) is 0 Å². The topological polar surface area (TPSA) is 455 Å². The molecule has 22 atom stereocenters.